The van der Waals surface area contributed by atoms with Crippen LogP contribution in [0, 0.1) is 11.6 Å². The number of rotatable bonds is 2. The van der Waals surface area contributed by atoms with Crippen LogP contribution in [0.2, 0.25) is 0 Å². The summed E-state index contributed by atoms with van der Waals surface area (Å²) >= 11 is 0. The molecule has 0 aliphatic heterocycles. The minimum Gasteiger partial charge on any atom is -0.383 e. The van der Waals surface area contributed by atoms with Crippen LogP contribution >= 0.6 is 0 Å². The Hall–Kier alpha value is -1.17. The lowest BCUT2D eigenvalue weighted by atomic mass is 10.1. The molecule has 1 nitrogen and oxygen atoms in total. The number of aliphatic hydroxyl groups excluding tert-OH is 1. The largest absolute Gasteiger partial charge is 0.414 e. The van der Waals surface area contributed by atoms with Gasteiger partial charge in [-0.05, 0) is 11.6 Å². The van der Waals surface area contributed by atoms with Gasteiger partial charge in [0.2, 0.25) is 0 Å². The third-order valence-electron chi connectivity index (χ3n) is 1.82. The van der Waals surface area contributed by atoms with E-state index in [0.717, 1.165) is 18.2 Å². The van der Waals surface area contributed by atoms with Crippen molar-refractivity contribution in [3.8, 4) is 0 Å². The molecule has 0 aromatic heterocycles. The first-order valence-corrected chi connectivity index (χ1v) is 4.00. The zero-order valence-corrected chi connectivity index (χ0v) is 7.35. The van der Waals surface area contributed by atoms with Gasteiger partial charge in [0, 0.05) is 6.42 Å². The van der Waals surface area contributed by atoms with Crippen LogP contribution in [-0.2, 0) is 6.42 Å². The van der Waals surface area contributed by atoms with Gasteiger partial charge in [-0.3, -0.25) is 0 Å². The first kappa shape index (κ1) is 11.9. The molecule has 1 aromatic carbocycles. The molecule has 1 N–H and O–H groups in total. The molecule has 0 saturated heterocycles. The molecule has 0 bridgehead atoms. The Balaban J connectivity index is 2.86. The number of aliphatic hydroxyl groups is 1. The zero-order chi connectivity index (χ0) is 11.6. The first-order valence-electron chi connectivity index (χ1n) is 4.00. The van der Waals surface area contributed by atoms with Crippen molar-refractivity contribution in [2.24, 2.45) is 0 Å². The van der Waals surface area contributed by atoms with Gasteiger partial charge in [-0.2, -0.15) is 13.2 Å². The number of halogens is 5. The molecule has 0 aliphatic carbocycles. The molecule has 0 saturated carbocycles. The Bertz CT molecular complexity index is 347. The van der Waals surface area contributed by atoms with Gasteiger partial charge in [0.25, 0.3) is 0 Å². The molecule has 1 rings (SSSR count). The zero-order valence-electron chi connectivity index (χ0n) is 7.35. The van der Waals surface area contributed by atoms with Crippen molar-refractivity contribution in [2.75, 3.05) is 0 Å². The second kappa shape index (κ2) is 4.14. The van der Waals surface area contributed by atoms with Crippen LogP contribution in [0.25, 0.3) is 0 Å². The van der Waals surface area contributed by atoms with Crippen molar-refractivity contribution in [2.45, 2.75) is 18.7 Å². The smallest absolute Gasteiger partial charge is 0.383 e. The SMILES string of the molecule is O[C@H](Cc1cccc(F)c1F)C(F)(F)F. The minimum atomic E-state index is -4.83. The van der Waals surface area contributed by atoms with E-state index in [2.05, 4.69) is 0 Å². The molecule has 0 amide bonds. The summed E-state index contributed by atoms with van der Waals surface area (Å²) in [6.07, 6.45) is -8.51. The third-order valence-corrected chi connectivity index (χ3v) is 1.82. The Morgan fingerprint density at radius 2 is 1.80 bits per heavy atom. The Morgan fingerprint density at radius 1 is 1.20 bits per heavy atom. The lowest BCUT2D eigenvalue weighted by Crippen LogP contribution is -2.30. The summed E-state index contributed by atoms with van der Waals surface area (Å²) < 4.78 is 61.2. The van der Waals surface area contributed by atoms with Crippen molar-refractivity contribution in [1.29, 1.82) is 0 Å². The van der Waals surface area contributed by atoms with Crippen LogP contribution in [0.1, 0.15) is 5.56 Å². The highest BCUT2D eigenvalue weighted by Crippen LogP contribution is 2.24. The van der Waals surface area contributed by atoms with Gasteiger partial charge in [-0.15, -0.1) is 0 Å². The van der Waals surface area contributed by atoms with Gasteiger partial charge in [0.05, 0.1) is 0 Å². The van der Waals surface area contributed by atoms with E-state index < -0.39 is 35.9 Å². The summed E-state index contributed by atoms with van der Waals surface area (Å²) in [6.45, 7) is 0. The van der Waals surface area contributed by atoms with Crippen molar-refractivity contribution >= 4 is 0 Å². The molecule has 84 valence electrons. The highest BCUT2D eigenvalue weighted by Gasteiger charge is 2.38. The maximum absolute atomic E-state index is 12.9. The van der Waals surface area contributed by atoms with E-state index in [9.17, 15) is 22.0 Å². The van der Waals surface area contributed by atoms with E-state index in [4.69, 9.17) is 5.11 Å². The van der Waals surface area contributed by atoms with Crippen LogP contribution < -0.4 is 0 Å². The van der Waals surface area contributed by atoms with Gasteiger partial charge in [0.15, 0.2) is 17.7 Å². The first-order chi connectivity index (χ1) is 6.82. The topological polar surface area (TPSA) is 20.2 Å². The fourth-order valence-corrected chi connectivity index (χ4v) is 1.03. The average Bonchev–Trinajstić information content (AvgIpc) is 2.11. The summed E-state index contributed by atoms with van der Waals surface area (Å²) in [5.74, 6) is -2.59. The molecule has 0 fully saturated rings. The van der Waals surface area contributed by atoms with E-state index in [1.807, 2.05) is 0 Å². The number of alkyl halides is 3. The normalized spacial score (nSPS) is 14.0. The summed E-state index contributed by atoms with van der Waals surface area (Å²) in [5, 5.41) is 8.64. The van der Waals surface area contributed by atoms with E-state index in [1.165, 1.54) is 0 Å². The molecule has 6 heteroatoms. The van der Waals surface area contributed by atoms with Crippen molar-refractivity contribution in [1.82, 2.24) is 0 Å². The highest BCUT2D eigenvalue weighted by atomic mass is 19.4. The monoisotopic (exact) mass is 226 g/mol. The van der Waals surface area contributed by atoms with Crippen molar-refractivity contribution in [3.63, 3.8) is 0 Å². The molecule has 0 radical (unpaired) electrons. The Morgan fingerprint density at radius 3 is 2.33 bits per heavy atom. The molecule has 0 heterocycles. The van der Waals surface area contributed by atoms with Crippen LogP contribution in [0.3, 0.4) is 0 Å². The second-order valence-electron chi connectivity index (χ2n) is 2.97. The predicted octanol–water partition coefficient (Wildman–Crippen LogP) is 2.43. The molecule has 1 atom stereocenters. The third kappa shape index (κ3) is 2.89. The maximum atomic E-state index is 12.9. The van der Waals surface area contributed by atoms with Gasteiger partial charge in [-0.25, -0.2) is 8.78 Å². The standard InChI is InChI=1S/C9H7F5O/c10-6-3-1-2-5(8(6)11)4-7(15)9(12,13)14/h1-3,7,15H,4H2/t7-/m1/s1. The fraction of sp³-hybridized carbons (Fsp3) is 0.333. The van der Waals surface area contributed by atoms with Gasteiger partial charge < -0.3 is 5.11 Å². The van der Waals surface area contributed by atoms with E-state index in [1.54, 1.807) is 0 Å². The molecule has 0 unspecified atom stereocenters. The average molecular weight is 226 g/mol. The lowest BCUT2D eigenvalue weighted by molar-refractivity contribution is -0.203. The van der Waals surface area contributed by atoms with Crippen LogP contribution in [0.4, 0.5) is 22.0 Å². The fourth-order valence-electron chi connectivity index (χ4n) is 1.03. The maximum Gasteiger partial charge on any atom is 0.414 e. The number of hydrogen-bond donors (Lipinski definition) is 1. The van der Waals surface area contributed by atoms with E-state index in [0.29, 0.717) is 0 Å². The lowest BCUT2D eigenvalue weighted by Gasteiger charge is -2.14. The molecule has 0 aliphatic rings. The van der Waals surface area contributed by atoms with E-state index >= 15 is 0 Å². The highest BCUT2D eigenvalue weighted by molar-refractivity contribution is 5.19. The number of benzene rings is 1. The Kier molecular flexibility index (Phi) is 3.28. The predicted molar refractivity (Wildman–Crippen MR) is 42.1 cm³/mol. The summed E-state index contributed by atoms with van der Waals surface area (Å²) in [5.41, 5.74) is -0.500. The Labute approximate surface area is 82.1 Å². The number of hydrogen-bond acceptors (Lipinski definition) is 1. The van der Waals surface area contributed by atoms with Crippen LogP contribution in [-0.4, -0.2) is 17.4 Å². The minimum absolute atomic E-state index is 0.500. The molecular formula is C9H7F5O. The molecular weight excluding hydrogens is 219 g/mol. The van der Waals surface area contributed by atoms with Gasteiger partial charge in [0.1, 0.15) is 0 Å². The second-order valence-corrected chi connectivity index (χ2v) is 2.97. The van der Waals surface area contributed by atoms with Crippen LogP contribution in [0.5, 0.6) is 0 Å². The van der Waals surface area contributed by atoms with Crippen molar-refractivity contribution < 1.29 is 27.1 Å². The summed E-state index contributed by atoms with van der Waals surface area (Å²) in [6, 6.07) is 2.86. The van der Waals surface area contributed by atoms with Crippen LogP contribution in [0.15, 0.2) is 18.2 Å². The van der Waals surface area contributed by atoms with Crippen molar-refractivity contribution in [3.05, 3.63) is 35.4 Å². The van der Waals surface area contributed by atoms with E-state index in [-0.39, 0.29) is 0 Å². The van der Waals surface area contributed by atoms with Gasteiger partial charge in [-0.1, -0.05) is 12.1 Å². The quantitative estimate of drug-likeness (QED) is 0.768. The molecule has 0 spiro atoms. The van der Waals surface area contributed by atoms with Gasteiger partial charge >= 0.3 is 6.18 Å². The summed E-state index contributed by atoms with van der Waals surface area (Å²) in [4.78, 5) is 0. The molecule has 15 heavy (non-hydrogen) atoms. The molecule has 1 aromatic rings. The summed E-state index contributed by atoms with van der Waals surface area (Å²) in [7, 11) is 0.